The van der Waals surface area contributed by atoms with Crippen molar-refractivity contribution in [1.82, 2.24) is 15.2 Å². The molecule has 0 unspecified atom stereocenters. The first-order valence-electron chi connectivity index (χ1n) is 7.99. The summed E-state index contributed by atoms with van der Waals surface area (Å²) in [6.45, 7) is 2.96. The number of nitrogens with zero attached hydrogens (tertiary/aromatic N) is 2. The SMILES string of the molecule is Cl.Cl.Nc1ccc(C(=O)NC2CCN(Cc3ccccc3)CC2)nc1. The van der Waals surface area contributed by atoms with Gasteiger partial charge in [0, 0.05) is 25.7 Å². The molecule has 0 spiro atoms. The van der Waals surface area contributed by atoms with E-state index in [1.54, 1.807) is 12.1 Å². The minimum Gasteiger partial charge on any atom is -0.397 e. The number of nitrogens with one attached hydrogen (secondary N) is 1. The first kappa shape index (κ1) is 21.2. The number of benzene rings is 1. The van der Waals surface area contributed by atoms with E-state index in [-0.39, 0.29) is 36.8 Å². The van der Waals surface area contributed by atoms with Crippen LogP contribution in [-0.4, -0.2) is 34.9 Å². The second kappa shape index (κ2) is 10.2. The number of piperidine rings is 1. The Kier molecular flexibility index (Phi) is 8.69. The molecule has 1 aromatic carbocycles. The van der Waals surface area contributed by atoms with Gasteiger partial charge in [0.25, 0.3) is 5.91 Å². The number of rotatable bonds is 4. The number of likely N-dealkylation sites (tertiary alicyclic amines) is 1. The van der Waals surface area contributed by atoms with Crippen molar-refractivity contribution in [3.63, 3.8) is 0 Å². The highest BCUT2D eigenvalue weighted by Crippen LogP contribution is 2.14. The van der Waals surface area contributed by atoms with Crippen LogP contribution in [0.2, 0.25) is 0 Å². The Morgan fingerprint density at radius 2 is 1.80 bits per heavy atom. The summed E-state index contributed by atoms with van der Waals surface area (Å²) < 4.78 is 0. The molecule has 136 valence electrons. The van der Waals surface area contributed by atoms with Gasteiger partial charge in [-0.2, -0.15) is 0 Å². The summed E-state index contributed by atoms with van der Waals surface area (Å²) in [6, 6.07) is 14.1. The standard InChI is InChI=1S/C18H22N4O.2ClH/c19-15-6-7-17(20-12-15)18(23)21-16-8-10-22(11-9-16)13-14-4-2-1-3-5-14;;/h1-7,12,16H,8-11,13,19H2,(H,21,23);2*1H. The van der Waals surface area contributed by atoms with Gasteiger partial charge in [0.05, 0.1) is 11.9 Å². The van der Waals surface area contributed by atoms with E-state index in [1.165, 1.54) is 11.8 Å². The lowest BCUT2D eigenvalue weighted by Crippen LogP contribution is -2.44. The van der Waals surface area contributed by atoms with Crippen molar-refractivity contribution in [2.24, 2.45) is 0 Å². The molecular formula is C18H24Cl2N4O. The molecule has 1 aliphatic rings. The first-order valence-corrected chi connectivity index (χ1v) is 7.99. The zero-order chi connectivity index (χ0) is 16.1. The van der Waals surface area contributed by atoms with Gasteiger partial charge in [-0.3, -0.25) is 9.69 Å². The number of anilines is 1. The summed E-state index contributed by atoms with van der Waals surface area (Å²) in [5.74, 6) is -0.119. The van der Waals surface area contributed by atoms with Crippen molar-refractivity contribution in [3.8, 4) is 0 Å². The topological polar surface area (TPSA) is 71.2 Å². The molecule has 0 atom stereocenters. The fraction of sp³-hybridized carbons (Fsp3) is 0.333. The van der Waals surface area contributed by atoms with Crippen molar-refractivity contribution in [3.05, 3.63) is 59.9 Å². The summed E-state index contributed by atoms with van der Waals surface area (Å²) in [5, 5.41) is 3.07. The number of halogens is 2. The normalized spacial score (nSPS) is 14.9. The molecule has 3 rings (SSSR count). The van der Waals surface area contributed by atoms with Gasteiger partial charge in [0.2, 0.25) is 0 Å². The second-order valence-corrected chi connectivity index (χ2v) is 5.99. The van der Waals surface area contributed by atoms with E-state index in [4.69, 9.17) is 5.73 Å². The van der Waals surface area contributed by atoms with Crippen molar-refractivity contribution < 1.29 is 4.79 Å². The quantitative estimate of drug-likeness (QED) is 0.852. The predicted molar refractivity (Wildman–Crippen MR) is 105 cm³/mol. The molecule has 0 saturated carbocycles. The van der Waals surface area contributed by atoms with Crippen molar-refractivity contribution in [1.29, 1.82) is 0 Å². The Balaban J connectivity index is 0.00000156. The average Bonchev–Trinajstić information content (AvgIpc) is 2.58. The number of nitrogen functional groups attached to an aromatic ring is 1. The molecule has 7 heteroatoms. The molecule has 0 bridgehead atoms. The monoisotopic (exact) mass is 382 g/mol. The first-order chi connectivity index (χ1) is 11.2. The van der Waals surface area contributed by atoms with E-state index in [9.17, 15) is 4.79 Å². The van der Waals surface area contributed by atoms with Gasteiger partial charge < -0.3 is 11.1 Å². The Labute approximate surface area is 160 Å². The molecule has 3 N–H and O–H groups in total. The van der Waals surface area contributed by atoms with Gasteiger partial charge in [-0.25, -0.2) is 4.98 Å². The van der Waals surface area contributed by atoms with E-state index < -0.39 is 0 Å². The molecule has 0 aliphatic carbocycles. The Hall–Kier alpha value is -1.82. The molecule has 25 heavy (non-hydrogen) atoms. The molecular weight excluding hydrogens is 359 g/mol. The second-order valence-electron chi connectivity index (χ2n) is 5.99. The van der Waals surface area contributed by atoms with Crippen LogP contribution in [0.4, 0.5) is 5.69 Å². The number of nitrogens with two attached hydrogens (primary N) is 1. The maximum Gasteiger partial charge on any atom is 0.270 e. The van der Waals surface area contributed by atoms with Crippen LogP contribution < -0.4 is 11.1 Å². The number of carbonyl (C=O) groups is 1. The van der Waals surface area contributed by atoms with Crippen LogP contribution in [-0.2, 0) is 6.54 Å². The third-order valence-corrected chi connectivity index (χ3v) is 4.19. The number of aromatic nitrogens is 1. The van der Waals surface area contributed by atoms with E-state index in [0.717, 1.165) is 32.5 Å². The molecule has 5 nitrogen and oxygen atoms in total. The Morgan fingerprint density at radius 3 is 2.40 bits per heavy atom. The molecule has 1 fully saturated rings. The lowest BCUT2D eigenvalue weighted by molar-refractivity contribution is 0.0904. The van der Waals surface area contributed by atoms with Crippen molar-refractivity contribution in [2.45, 2.75) is 25.4 Å². The highest BCUT2D eigenvalue weighted by Gasteiger charge is 2.21. The molecule has 1 saturated heterocycles. The third-order valence-electron chi connectivity index (χ3n) is 4.19. The van der Waals surface area contributed by atoms with Gasteiger partial charge in [0.15, 0.2) is 0 Å². The highest BCUT2D eigenvalue weighted by atomic mass is 35.5. The summed E-state index contributed by atoms with van der Waals surface area (Å²) in [4.78, 5) is 18.7. The van der Waals surface area contributed by atoms with Crippen LogP contribution in [0.5, 0.6) is 0 Å². The maximum absolute atomic E-state index is 12.2. The fourth-order valence-corrected chi connectivity index (χ4v) is 2.88. The zero-order valence-corrected chi connectivity index (χ0v) is 15.6. The highest BCUT2D eigenvalue weighted by molar-refractivity contribution is 5.92. The van der Waals surface area contributed by atoms with Gasteiger partial charge in [-0.15, -0.1) is 24.8 Å². The summed E-state index contributed by atoms with van der Waals surface area (Å²) in [7, 11) is 0. The van der Waals surface area contributed by atoms with E-state index in [1.807, 2.05) is 6.07 Å². The van der Waals surface area contributed by atoms with Crippen LogP contribution in [0.25, 0.3) is 0 Å². The molecule has 2 heterocycles. The molecule has 1 amide bonds. The van der Waals surface area contributed by atoms with Gasteiger partial charge in [0.1, 0.15) is 5.69 Å². The number of carbonyl (C=O) groups excluding carboxylic acids is 1. The lowest BCUT2D eigenvalue weighted by Gasteiger charge is -2.32. The maximum atomic E-state index is 12.2. The number of hydrogen-bond acceptors (Lipinski definition) is 4. The lowest BCUT2D eigenvalue weighted by atomic mass is 10.0. The van der Waals surface area contributed by atoms with Gasteiger partial charge in [-0.1, -0.05) is 30.3 Å². The van der Waals surface area contributed by atoms with Crippen molar-refractivity contribution in [2.75, 3.05) is 18.8 Å². The summed E-state index contributed by atoms with van der Waals surface area (Å²) in [6.07, 6.45) is 3.44. The Morgan fingerprint density at radius 1 is 1.12 bits per heavy atom. The molecule has 1 aliphatic heterocycles. The van der Waals surface area contributed by atoms with Gasteiger partial charge >= 0.3 is 0 Å². The van der Waals surface area contributed by atoms with Crippen LogP contribution in [0.15, 0.2) is 48.7 Å². The van der Waals surface area contributed by atoms with Crippen LogP contribution in [0.3, 0.4) is 0 Å². The smallest absolute Gasteiger partial charge is 0.270 e. The number of amides is 1. The van der Waals surface area contributed by atoms with Crippen LogP contribution >= 0.6 is 24.8 Å². The predicted octanol–water partition coefficient (Wildman–Crippen LogP) is 2.90. The third kappa shape index (κ3) is 6.20. The molecule has 1 aromatic heterocycles. The van der Waals surface area contributed by atoms with E-state index in [0.29, 0.717) is 11.4 Å². The Bertz CT molecular complexity index is 644. The van der Waals surface area contributed by atoms with E-state index >= 15 is 0 Å². The molecule has 0 radical (unpaired) electrons. The number of hydrogen-bond donors (Lipinski definition) is 2. The summed E-state index contributed by atoms with van der Waals surface area (Å²) >= 11 is 0. The zero-order valence-electron chi connectivity index (χ0n) is 13.9. The van der Waals surface area contributed by atoms with Crippen LogP contribution in [0.1, 0.15) is 28.9 Å². The average molecular weight is 383 g/mol. The van der Waals surface area contributed by atoms with Crippen LogP contribution in [0, 0.1) is 0 Å². The fourth-order valence-electron chi connectivity index (χ4n) is 2.88. The minimum atomic E-state index is -0.119. The van der Waals surface area contributed by atoms with Gasteiger partial charge in [-0.05, 0) is 30.5 Å². The minimum absolute atomic E-state index is 0. The summed E-state index contributed by atoms with van der Waals surface area (Å²) in [5.41, 5.74) is 7.91. The largest absolute Gasteiger partial charge is 0.397 e. The van der Waals surface area contributed by atoms with Crippen molar-refractivity contribution >= 4 is 36.4 Å². The number of pyridine rings is 1. The molecule has 2 aromatic rings. The van der Waals surface area contributed by atoms with E-state index in [2.05, 4.69) is 39.5 Å².